The summed E-state index contributed by atoms with van der Waals surface area (Å²) in [5.41, 5.74) is 7.09. The second kappa shape index (κ2) is 4.45. The molecule has 0 amide bonds. The highest BCUT2D eigenvalue weighted by atomic mass is 16.5. The summed E-state index contributed by atoms with van der Waals surface area (Å²) >= 11 is 0. The predicted octanol–water partition coefficient (Wildman–Crippen LogP) is 2.45. The molecule has 0 saturated carbocycles. The molecule has 0 saturated heterocycles. The van der Waals surface area contributed by atoms with Crippen molar-refractivity contribution >= 4 is 5.69 Å². The second-order valence-electron chi connectivity index (χ2n) is 4.03. The van der Waals surface area contributed by atoms with Crippen LogP contribution in [0.15, 0.2) is 22.6 Å². The van der Waals surface area contributed by atoms with E-state index in [9.17, 15) is 0 Å². The number of methoxy groups -OCH3 is 1. The first-order valence-electron chi connectivity index (χ1n) is 5.39. The van der Waals surface area contributed by atoms with E-state index >= 15 is 0 Å². The number of nitrogens with zero attached hydrogens (tertiary/aromatic N) is 2. The molecule has 2 aromatic rings. The molecule has 17 heavy (non-hydrogen) atoms. The van der Waals surface area contributed by atoms with Gasteiger partial charge in [0.1, 0.15) is 0 Å². The molecule has 0 bridgehead atoms. The van der Waals surface area contributed by atoms with Crippen LogP contribution in [0.2, 0.25) is 0 Å². The summed E-state index contributed by atoms with van der Waals surface area (Å²) in [5, 5.41) is 7.99. The van der Waals surface area contributed by atoms with Crippen LogP contribution in [-0.2, 0) is 0 Å². The first-order chi connectivity index (χ1) is 8.13. The van der Waals surface area contributed by atoms with Crippen molar-refractivity contribution in [2.45, 2.75) is 19.8 Å². The highest BCUT2D eigenvalue weighted by molar-refractivity contribution is 5.72. The van der Waals surface area contributed by atoms with Gasteiger partial charge in [0.05, 0.1) is 18.4 Å². The Labute approximate surface area is 99.6 Å². The average molecular weight is 233 g/mol. The highest BCUT2D eigenvalue weighted by Crippen LogP contribution is 2.34. The number of ether oxygens (including phenoxy) is 1. The third kappa shape index (κ3) is 2.08. The minimum Gasteiger partial charge on any atom is -0.494 e. The number of hydrogen-bond donors (Lipinski definition) is 1. The Bertz CT molecular complexity index is 520. The lowest BCUT2D eigenvalue weighted by Crippen LogP contribution is -1.94. The van der Waals surface area contributed by atoms with Crippen molar-refractivity contribution in [3.05, 3.63) is 24.1 Å². The van der Waals surface area contributed by atoms with Gasteiger partial charge in [-0.25, -0.2) is 0 Å². The van der Waals surface area contributed by atoms with Crippen LogP contribution in [0.1, 0.15) is 25.7 Å². The zero-order chi connectivity index (χ0) is 12.4. The fourth-order valence-electron chi connectivity index (χ4n) is 1.53. The van der Waals surface area contributed by atoms with Crippen molar-refractivity contribution in [3.63, 3.8) is 0 Å². The van der Waals surface area contributed by atoms with Gasteiger partial charge in [-0.1, -0.05) is 19.9 Å². The summed E-state index contributed by atoms with van der Waals surface area (Å²) in [4.78, 5) is 0. The van der Waals surface area contributed by atoms with E-state index in [-0.39, 0.29) is 5.92 Å². The molecule has 2 rings (SSSR count). The van der Waals surface area contributed by atoms with Gasteiger partial charge in [0.2, 0.25) is 5.89 Å². The molecule has 2 N–H and O–H groups in total. The van der Waals surface area contributed by atoms with E-state index in [0.29, 0.717) is 28.8 Å². The Morgan fingerprint density at radius 2 is 2.06 bits per heavy atom. The topological polar surface area (TPSA) is 74.2 Å². The number of hydrogen-bond acceptors (Lipinski definition) is 5. The maximum absolute atomic E-state index is 5.82. The number of para-hydroxylation sites is 1. The molecule has 0 radical (unpaired) electrons. The maximum atomic E-state index is 5.82. The number of anilines is 1. The van der Waals surface area contributed by atoms with E-state index < -0.39 is 0 Å². The molecule has 0 aliphatic rings. The predicted molar refractivity (Wildman–Crippen MR) is 64.8 cm³/mol. The molecule has 1 heterocycles. The molecule has 1 aromatic heterocycles. The van der Waals surface area contributed by atoms with E-state index in [2.05, 4.69) is 10.2 Å². The van der Waals surface area contributed by atoms with Gasteiger partial charge in [0, 0.05) is 5.92 Å². The molecule has 0 unspecified atom stereocenters. The Hall–Kier alpha value is -2.04. The Morgan fingerprint density at radius 1 is 1.29 bits per heavy atom. The minimum atomic E-state index is 0.198. The van der Waals surface area contributed by atoms with Gasteiger partial charge in [-0.15, -0.1) is 10.2 Å². The SMILES string of the molecule is COc1c(N)cccc1-c1nnc(C(C)C)o1. The number of benzene rings is 1. The standard InChI is InChI=1S/C12H15N3O2/c1-7(2)11-14-15-12(17-11)8-5-4-6-9(13)10(8)16-3/h4-7H,13H2,1-3H3. The summed E-state index contributed by atoms with van der Waals surface area (Å²) in [6, 6.07) is 5.43. The van der Waals surface area contributed by atoms with Gasteiger partial charge in [0.25, 0.3) is 5.89 Å². The molecular formula is C12H15N3O2. The molecule has 0 spiro atoms. The van der Waals surface area contributed by atoms with Crippen LogP contribution in [0.3, 0.4) is 0 Å². The van der Waals surface area contributed by atoms with Crippen molar-refractivity contribution < 1.29 is 9.15 Å². The summed E-state index contributed by atoms with van der Waals surface area (Å²) < 4.78 is 10.8. The van der Waals surface area contributed by atoms with Gasteiger partial charge >= 0.3 is 0 Å². The third-order valence-electron chi connectivity index (χ3n) is 2.41. The second-order valence-corrected chi connectivity index (χ2v) is 4.03. The van der Waals surface area contributed by atoms with E-state index in [1.165, 1.54) is 0 Å². The Balaban J connectivity index is 2.48. The molecule has 5 nitrogen and oxygen atoms in total. The van der Waals surface area contributed by atoms with Gasteiger partial charge in [-0.05, 0) is 12.1 Å². The Morgan fingerprint density at radius 3 is 2.65 bits per heavy atom. The van der Waals surface area contributed by atoms with Crippen molar-refractivity contribution in [3.8, 4) is 17.2 Å². The molecule has 5 heteroatoms. The third-order valence-corrected chi connectivity index (χ3v) is 2.41. The Kier molecular flexibility index (Phi) is 2.99. The van der Waals surface area contributed by atoms with Crippen LogP contribution in [0.4, 0.5) is 5.69 Å². The largest absolute Gasteiger partial charge is 0.494 e. The molecule has 1 aromatic carbocycles. The smallest absolute Gasteiger partial charge is 0.251 e. The van der Waals surface area contributed by atoms with Crippen LogP contribution in [0.25, 0.3) is 11.5 Å². The monoisotopic (exact) mass is 233 g/mol. The maximum Gasteiger partial charge on any atom is 0.251 e. The summed E-state index contributed by atoms with van der Waals surface area (Å²) in [5.74, 6) is 1.79. The first-order valence-corrected chi connectivity index (χ1v) is 5.39. The molecule has 90 valence electrons. The molecular weight excluding hydrogens is 218 g/mol. The number of aromatic nitrogens is 2. The van der Waals surface area contributed by atoms with E-state index in [1.807, 2.05) is 26.0 Å². The number of nitrogen functional groups attached to an aromatic ring is 1. The van der Waals surface area contributed by atoms with Gasteiger partial charge in [-0.2, -0.15) is 0 Å². The van der Waals surface area contributed by atoms with Crippen molar-refractivity contribution in [1.29, 1.82) is 0 Å². The quantitative estimate of drug-likeness (QED) is 0.824. The lowest BCUT2D eigenvalue weighted by molar-refractivity contribution is 0.415. The normalized spacial score (nSPS) is 10.8. The van der Waals surface area contributed by atoms with Gasteiger partial charge < -0.3 is 14.9 Å². The van der Waals surface area contributed by atoms with E-state index in [1.54, 1.807) is 13.2 Å². The lowest BCUT2D eigenvalue weighted by Gasteiger charge is -2.07. The van der Waals surface area contributed by atoms with Crippen molar-refractivity contribution in [1.82, 2.24) is 10.2 Å². The summed E-state index contributed by atoms with van der Waals surface area (Å²) in [7, 11) is 1.56. The van der Waals surface area contributed by atoms with Crippen molar-refractivity contribution in [2.24, 2.45) is 0 Å². The zero-order valence-corrected chi connectivity index (χ0v) is 10.1. The van der Waals surface area contributed by atoms with Crippen molar-refractivity contribution in [2.75, 3.05) is 12.8 Å². The van der Waals surface area contributed by atoms with Gasteiger partial charge in [-0.3, -0.25) is 0 Å². The average Bonchev–Trinajstić information content (AvgIpc) is 2.77. The molecule has 0 aliphatic heterocycles. The van der Waals surface area contributed by atoms with Crippen LogP contribution in [0.5, 0.6) is 5.75 Å². The van der Waals surface area contributed by atoms with Gasteiger partial charge in [0.15, 0.2) is 5.75 Å². The van der Waals surface area contributed by atoms with Crippen LogP contribution >= 0.6 is 0 Å². The van der Waals surface area contributed by atoms with Crippen LogP contribution in [-0.4, -0.2) is 17.3 Å². The number of rotatable bonds is 3. The number of nitrogens with two attached hydrogens (primary N) is 1. The fraction of sp³-hybridized carbons (Fsp3) is 0.333. The molecule has 0 atom stereocenters. The molecule has 0 aliphatic carbocycles. The first kappa shape index (κ1) is 11.4. The zero-order valence-electron chi connectivity index (χ0n) is 10.1. The highest BCUT2D eigenvalue weighted by Gasteiger charge is 2.16. The van der Waals surface area contributed by atoms with Crippen LogP contribution in [0, 0.1) is 0 Å². The summed E-state index contributed by atoms with van der Waals surface area (Å²) in [6.45, 7) is 3.99. The molecule has 0 fully saturated rings. The minimum absolute atomic E-state index is 0.198. The van der Waals surface area contributed by atoms with Crippen LogP contribution < -0.4 is 10.5 Å². The van der Waals surface area contributed by atoms with E-state index in [4.69, 9.17) is 14.9 Å². The summed E-state index contributed by atoms with van der Waals surface area (Å²) in [6.07, 6.45) is 0. The lowest BCUT2D eigenvalue weighted by atomic mass is 10.1. The fourth-order valence-corrected chi connectivity index (χ4v) is 1.53. The van der Waals surface area contributed by atoms with E-state index in [0.717, 1.165) is 0 Å².